The molecule has 0 atom stereocenters. The van der Waals surface area contributed by atoms with Gasteiger partial charge in [-0.1, -0.05) is 82.3 Å². The maximum absolute atomic E-state index is 9.61. The van der Waals surface area contributed by atoms with Gasteiger partial charge in [-0.15, -0.1) is 0 Å². The van der Waals surface area contributed by atoms with E-state index in [0.717, 1.165) is 49.9 Å². The number of imidazole rings is 1. The van der Waals surface area contributed by atoms with Crippen molar-refractivity contribution in [1.29, 1.82) is 5.26 Å². The van der Waals surface area contributed by atoms with Gasteiger partial charge in [-0.05, 0) is 77.9 Å². The third-order valence-electron chi connectivity index (χ3n) is 8.96. The zero-order chi connectivity index (χ0) is 30.7. The molecule has 7 rings (SSSR count). The van der Waals surface area contributed by atoms with Crippen molar-refractivity contribution in [3.8, 4) is 34.3 Å². The number of para-hydroxylation sites is 2. The van der Waals surface area contributed by atoms with E-state index in [-0.39, 0.29) is 11.8 Å². The number of aromatic nitrogens is 2. The Labute approximate surface area is 258 Å². The molecule has 0 amide bonds. The summed E-state index contributed by atoms with van der Waals surface area (Å²) in [6.07, 6.45) is 0. The molecule has 2 aromatic heterocycles. The molecule has 5 aromatic carbocycles. The Hall–Kier alpha value is -5.14. The van der Waals surface area contributed by atoms with Crippen molar-refractivity contribution < 1.29 is 8.98 Å². The fourth-order valence-electron chi connectivity index (χ4n) is 6.72. The van der Waals surface area contributed by atoms with Crippen LogP contribution in [0.4, 0.5) is 0 Å². The number of hydrogen-bond acceptors (Lipinski definition) is 2. The molecule has 0 saturated heterocycles. The molecular formula is C40H36N3O+. The summed E-state index contributed by atoms with van der Waals surface area (Å²) in [6, 6.07) is 36.4. The molecule has 4 nitrogen and oxygen atoms in total. The van der Waals surface area contributed by atoms with Crippen molar-refractivity contribution in [1.82, 2.24) is 4.57 Å². The average Bonchev–Trinajstić information content (AvgIpc) is 3.55. The molecule has 0 aliphatic heterocycles. The maximum Gasteiger partial charge on any atom is 0.299 e. The van der Waals surface area contributed by atoms with Crippen LogP contribution in [-0.4, -0.2) is 4.57 Å². The number of furan rings is 1. The lowest BCUT2D eigenvalue weighted by Crippen LogP contribution is -2.30. The van der Waals surface area contributed by atoms with Gasteiger partial charge in [-0.25, -0.2) is 4.57 Å². The van der Waals surface area contributed by atoms with E-state index in [1.54, 1.807) is 0 Å². The monoisotopic (exact) mass is 574 g/mol. The zero-order valence-electron chi connectivity index (χ0n) is 26.1. The molecule has 0 fully saturated rings. The fourth-order valence-corrected chi connectivity index (χ4v) is 6.72. The Kier molecular flexibility index (Phi) is 6.63. The Morgan fingerprint density at radius 3 is 2.11 bits per heavy atom. The Balaban J connectivity index is 1.64. The van der Waals surface area contributed by atoms with Crippen LogP contribution in [0.5, 0.6) is 0 Å². The average molecular weight is 575 g/mol. The van der Waals surface area contributed by atoms with Crippen molar-refractivity contribution in [3.63, 3.8) is 0 Å². The topological polar surface area (TPSA) is 45.7 Å². The summed E-state index contributed by atoms with van der Waals surface area (Å²) < 4.78 is 11.4. The second kappa shape index (κ2) is 10.5. The van der Waals surface area contributed by atoms with Crippen LogP contribution >= 0.6 is 0 Å². The Morgan fingerprint density at radius 2 is 1.43 bits per heavy atom. The van der Waals surface area contributed by atoms with E-state index in [9.17, 15) is 5.26 Å². The van der Waals surface area contributed by atoms with E-state index in [4.69, 9.17) is 4.42 Å². The SMILES string of the molecule is Cc1ccc2c(oc3ccc(C#N)cc32)c1-c1n(-c2c(C(C)C)cc(-c3ccccc3)cc2C(C)C)c2ccccc2[n+]1C. The van der Waals surface area contributed by atoms with E-state index >= 15 is 0 Å². The molecule has 44 heavy (non-hydrogen) atoms. The van der Waals surface area contributed by atoms with Crippen molar-refractivity contribution in [2.24, 2.45) is 7.05 Å². The molecule has 0 spiro atoms. The molecule has 2 heterocycles. The van der Waals surface area contributed by atoms with E-state index < -0.39 is 0 Å². The summed E-state index contributed by atoms with van der Waals surface area (Å²) in [5, 5.41) is 11.6. The second-order valence-corrected chi connectivity index (χ2v) is 12.4. The lowest BCUT2D eigenvalue weighted by atomic mass is 9.88. The van der Waals surface area contributed by atoms with Crippen molar-refractivity contribution >= 4 is 33.0 Å². The van der Waals surface area contributed by atoms with Crippen LogP contribution < -0.4 is 4.57 Å². The standard InChI is InChI=1S/C40H36N3O/c1-24(2)31-21-29(28-12-8-7-9-13-28)22-32(25(3)4)38(31)43-35-15-11-10-14-34(35)42(6)40(43)37-26(5)16-18-30-33-20-27(23-41)17-19-36(33)44-39(30)37/h7-22,24-25H,1-6H3/q+1. The largest absolute Gasteiger partial charge is 0.455 e. The van der Waals surface area contributed by atoms with E-state index in [2.05, 4.69) is 136 Å². The molecule has 0 N–H and O–H groups in total. The summed E-state index contributed by atoms with van der Waals surface area (Å²) in [5.41, 5.74) is 13.1. The van der Waals surface area contributed by atoms with Gasteiger partial charge in [0.15, 0.2) is 16.6 Å². The molecule has 0 unspecified atom stereocenters. The number of hydrogen-bond donors (Lipinski definition) is 0. The highest BCUT2D eigenvalue weighted by Crippen LogP contribution is 2.43. The van der Waals surface area contributed by atoms with Crippen LogP contribution in [0.3, 0.4) is 0 Å². The molecule has 0 aliphatic rings. The molecule has 0 radical (unpaired) electrons. The van der Waals surface area contributed by atoms with Crippen molar-refractivity contribution in [3.05, 3.63) is 119 Å². The van der Waals surface area contributed by atoms with Gasteiger partial charge in [0.1, 0.15) is 16.8 Å². The molecule has 0 bridgehead atoms. The van der Waals surface area contributed by atoms with Gasteiger partial charge in [0, 0.05) is 21.9 Å². The van der Waals surface area contributed by atoms with Gasteiger partial charge in [0.05, 0.1) is 18.7 Å². The quantitative estimate of drug-likeness (QED) is 0.192. The number of nitriles is 1. The molecule has 0 aliphatic carbocycles. The van der Waals surface area contributed by atoms with Crippen LogP contribution in [-0.2, 0) is 7.05 Å². The highest BCUT2D eigenvalue weighted by atomic mass is 16.3. The van der Waals surface area contributed by atoms with Crippen LogP contribution in [0, 0.1) is 18.3 Å². The molecule has 0 saturated carbocycles. The van der Waals surface area contributed by atoms with Gasteiger partial charge in [0.2, 0.25) is 0 Å². The fraction of sp³-hybridized carbons (Fsp3) is 0.200. The first-order valence-electron chi connectivity index (χ1n) is 15.4. The number of nitrogens with zero attached hydrogens (tertiary/aromatic N) is 3. The van der Waals surface area contributed by atoms with Crippen LogP contribution in [0.1, 0.15) is 61.8 Å². The summed E-state index contributed by atoms with van der Waals surface area (Å²) in [6.45, 7) is 11.3. The first-order valence-corrected chi connectivity index (χ1v) is 15.4. The van der Waals surface area contributed by atoms with Crippen LogP contribution in [0.2, 0.25) is 0 Å². The Bertz CT molecular complexity index is 2230. The van der Waals surface area contributed by atoms with Crippen LogP contribution in [0.15, 0.2) is 101 Å². The van der Waals surface area contributed by atoms with E-state index in [1.807, 2.05) is 18.2 Å². The Morgan fingerprint density at radius 1 is 0.750 bits per heavy atom. The predicted molar refractivity (Wildman–Crippen MR) is 180 cm³/mol. The van der Waals surface area contributed by atoms with Gasteiger partial charge < -0.3 is 4.42 Å². The lowest BCUT2D eigenvalue weighted by Gasteiger charge is -2.21. The zero-order valence-corrected chi connectivity index (χ0v) is 26.1. The minimum absolute atomic E-state index is 0.290. The number of rotatable bonds is 5. The normalized spacial score (nSPS) is 11.8. The van der Waals surface area contributed by atoms with Gasteiger partial charge in [-0.2, -0.15) is 9.83 Å². The number of fused-ring (bicyclic) bond motifs is 4. The second-order valence-electron chi connectivity index (χ2n) is 12.4. The first kappa shape index (κ1) is 27.7. The van der Waals surface area contributed by atoms with Crippen LogP contribution in [0.25, 0.3) is 61.2 Å². The smallest absolute Gasteiger partial charge is 0.299 e. The number of aryl methyl sites for hydroxylation is 2. The molecular weight excluding hydrogens is 538 g/mol. The van der Waals surface area contributed by atoms with Crippen molar-refractivity contribution in [2.75, 3.05) is 0 Å². The minimum atomic E-state index is 0.290. The highest BCUT2D eigenvalue weighted by Gasteiger charge is 2.34. The van der Waals surface area contributed by atoms with Gasteiger partial charge in [0.25, 0.3) is 5.82 Å². The third kappa shape index (κ3) is 4.23. The first-order chi connectivity index (χ1) is 21.3. The minimum Gasteiger partial charge on any atom is -0.455 e. The van der Waals surface area contributed by atoms with Crippen molar-refractivity contribution in [2.45, 2.75) is 46.5 Å². The summed E-state index contributed by atoms with van der Waals surface area (Å²) in [7, 11) is 2.16. The summed E-state index contributed by atoms with van der Waals surface area (Å²) >= 11 is 0. The maximum atomic E-state index is 9.61. The lowest BCUT2D eigenvalue weighted by molar-refractivity contribution is -0.633. The molecule has 7 aromatic rings. The third-order valence-corrected chi connectivity index (χ3v) is 8.96. The molecule has 4 heteroatoms. The number of benzene rings is 5. The molecule has 216 valence electrons. The summed E-state index contributed by atoms with van der Waals surface area (Å²) in [5.74, 6) is 1.65. The van der Waals surface area contributed by atoms with Gasteiger partial charge >= 0.3 is 0 Å². The van der Waals surface area contributed by atoms with E-state index in [0.29, 0.717) is 5.56 Å². The summed E-state index contributed by atoms with van der Waals surface area (Å²) in [4.78, 5) is 0. The van der Waals surface area contributed by atoms with E-state index in [1.165, 1.54) is 27.9 Å². The van der Waals surface area contributed by atoms with Gasteiger partial charge in [-0.3, -0.25) is 0 Å². The highest BCUT2D eigenvalue weighted by molar-refractivity contribution is 6.10. The predicted octanol–water partition coefficient (Wildman–Crippen LogP) is 10.1.